The molecule has 1 heterocycles. The molecule has 1 saturated carbocycles. The zero-order valence-electron chi connectivity index (χ0n) is 11.8. The molecule has 0 aromatic carbocycles. The number of aromatic nitrogens is 2. The maximum absolute atomic E-state index is 11.8. The number of carbonyl (C=O) groups is 1. The molecule has 7 heteroatoms. The molecular weight excluding hydrogens is 276 g/mol. The van der Waals surface area contributed by atoms with Crippen molar-refractivity contribution in [3.63, 3.8) is 0 Å². The summed E-state index contributed by atoms with van der Waals surface area (Å²) < 4.78 is 0. The van der Waals surface area contributed by atoms with Gasteiger partial charge < -0.3 is 10.4 Å². The van der Waals surface area contributed by atoms with E-state index in [-0.39, 0.29) is 6.03 Å². The average Bonchev–Trinajstić information content (AvgIpc) is 2.85. The number of carbonyl (C=O) groups excluding carboxylic acids is 1. The molecule has 0 bridgehead atoms. The molecule has 0 atom stereocenters. The molecular formula is C13H22N4O2S. The molecule has 6 nitrogen and oxygen atoms in total. The average molecular weight is 298 g/mol. The van der Waals surface area contributed by atoms with Crippen molar-refractivity contribution in [2.24, 2.45) is 0 Å². The van der Waals surface area contributed by atoms with Crippen molar-refractivity contribution < 1.29 is 9.90 Å². The van der Waals surface area contributed by atoms with E-state index in [1.807, 2.05) is 0 Å². The lowest BCUT2D eigenvalue weighted by Gasteiger charge is -2.31. The molecule has 112 valence electrons. The van der Waals surface area contributed by atoms with Crippen molar-refractivity contribution in [3.05, 3.63) is 5.01 Å². The molecule has 0 unspecified atom stereocenters. The maximum atomic E-state index is 11.8. The Balaban J connectivity index is 1.76. The van der Waals surface area contributed by atoms with Crippen molar-refractivity contribution in [1.29, 1.82) is 0 Å². The van der Waals surface area contributed by atoms with Gasteiger partial charge in [-0.2, -0.15) is 0 Å². The molecule has 20 heavy (non-hydrogen) atoms. The minimum absolute atomic E-state index is 0.291. The quantitative estimate of drug-likeness (QED) is 0.778. The predicted molar refractivity (Wildman–Crippen MR) is 79.0 cm³/mol. The molecule has 3 N–H and O–H groups in total. The summed E-state index contributed by atoms with van der Waals surface area (Å²) >= 11 is 1.39. The standard InChI is InChI=1S/C13H22N4O2S/c1-2-6-10-16-17-12(20-10)15-11(18)14-9-13(19)7-4-3-5-8-13/h19H,2-9H2,1H3,(H2,14,15,17,18). The van der Waals surface area contributed by atoms with Crippen molar-refractivity contribution in [2.45, 2.75) is 57.5 Å². The summed E-state index contributed by atoms with van der Waals surface area (Å²) in [6.07, 6.45) is 6.61. The lowest BCUT2D eigenvalue weighted by atomic mass is 9.85. The third kappa shape index (κ3) is 4.42. The molecule has 0 aliphatic heterocycles. The second-order valence-corrected chi connectivity index (χ2v) is 6.41. The second kappa shape index (κ2) is 6.99. The van der Waals surface area contributed by atoms with E-state index in [0.29, 0.717) is 11.7 Å². The number of nitrogens with one attached hydrogen (secondary N) is 2. The Labute approximate surface area is 123 Å². The van der Waals surface area contributed by atoms with Crippen LogP contribution < -0.4 is 10.6 Å². The Hall–Kier alpha value is -1.21. The minimum atomic E-state index is -0.746. The number of nitrogens with zero attached hydrogens (tertiary/aromatic N) is 2. The van der Waals surface area contributed by atoms with E-state index in [0.717, 1.165) is 43.5 Å². The highest BCUT2D eigenvalue weighted by Crippen LogP contribution is 2.27. The van der Waals surface area contributed by atoms with Crippen LogP contribution in [0.15, 0.2) is 0 Å². The molecule has 1 fully saturated rings. The van der Waals surface area contributed by atoms with Gasteiger partial charge in [0.05, 0.1) is 5.60 Å². The summed E-state index contributed by atoms with van der Waals surface area (Å²) in [5.41, 5.74) is -0.746. The number of aryl methyl sites for hydroxylation is 1. The molecule has 1 aliphatic carbocycles. The monoisotopic (exact) mass is 298 g/mol. The van der Waals surface area contributed by atoms with Crippen molar-refractivity contribution in [1.82, 2.24) is 15.5 Å². The van der Waals surface area contributed by atoms with Crippen LogP contribution in [0.2, 0.25) is 0 Å². The smallest absolute Gasteiger partial charge is 0.321 e. The number of hydrogen-bond donors (Lipinski definition) is 3. The molecule has 1 aromatic rings. The van der Waals surface area contributed by atoms with Crippen LogP contribution in [0.5, 0.6) is 0 Å². The summed E-state index contributed by atoms with van der Waals surface area (Å²) in [4.78, 5) is 11.8. The van der Waals surface area contributed by atoms with Gasteiger partial charge in [0.15, 0.2) is 0 Å². The van der Waals surface area contributed by atoms with Crippen molar-refractivity contribution >= 4 is 22.5 Å². The Morgan fingerprint density at radius 1 is 1.35 bits per heavy atom. The fourth-order valence-electron chi connectivity index (χ4n) is 2.39. The number of amides is 2. The topological polar surface area (TPSA) is 87.1 Å². The number of rotatable bonds is 5. The Kier molecular flexibility index (Phi) is 5.31. The number of aliphatic hydroxyl groups is 1. The summed E-state index contributed by atoms with van der Waals surface area (Å²) in [5.74, 6) is 0. The molecule has 2 amide bonds. The number of anilines is 1. The van der Waals surface area contributed by atoms with Gasteiger partial charge in [0.1, 0.15) is 5.01 Å². The van der Waals surface area contributed by atoms with E-state index in [1.165, 1.54) is 17.8 Å². The van der Waals surface area contributed by atoms with Crippen LogP contribution in [0.3, 0.4) is 0 Å². The lowest BCUT2D eigenvalue weighted by molar-refractivity contribution is 0.00755. The van der Waals surface area contributed by atoms with Crippen LogP contribution in [-0.2, 0) is 6.42 Å². The molecule has 1 aromatic heterocycles. The fourth-order valence-corrected chi connectivity index (χ4v) is 3.23. The molecule has 2 rings (SSSR count). The van der Waals surface area contributed by atoms with Crippen LogP contribution in [-0.4, -0.2) is 33.5 Å². The molecule has 0 saturated heterocycles. The van der Waals surface area contributed by atoms with Gasteiger partial charge >= 0.3 is 6.03 Å². The normalized spacial score (nSPS) is 17.7. The van der Waals surface area contributed by atoms with Crippen LogP contribution in [0.1, 0.15) is 50.5 Å². The van der Waals surface area contributed by atoms with Gasteiger partial charge in [-0.05, 0) is 19.3 Å². The highest BCUT2D eigenvalue weighted by Gasteiger charge is 2.29. The number of urea groups is 1. The van der Waals surface area contributed by atoms with E-state index in [1.54, 1.807) is 0 Å². The Bertz CT molecular complexity index is 443. The van der Waals surface area contributed by atoms with E-state index in [9.17, 15) is 9.90 Å². The van der Waals surface area contributed by atoms with Crippen molar-refractivity contribution in [3.8, 4) is 0 Å². The SMILES string of the molecule is CCCc1nnc(NC(=O)NCC2(O)CCCCC2)s1. The van der Waals surface area contributed by atoms with Crippen LogP contribution >= 0.6 is 11.3 Å². The zero-order valence-corrected chi connectivity index (χ0v) is 12.6. The largest absolute Gasteiger partial charge is 0.388 e. The first-order chi connectivity index (χ1) is 9.61. The van der Waals surface area contributed by atoms with E-state index in [2.05, 4.69) is 27.8 Å². The van der Waals surface area contributed by atoms with E-state index >= 15 is 0 Å². The van der Waals surface area contributed by atoms with Crippen LogP contribution in [0, 0.1) is 0 Å². The Morgan fingerprint density at radius 2 is 2.10 bits per heavy atom. The Morgan fingerprint density at radius 3 is 2.80 bits per heavy atom. The summed E-state index contributed by atoms with van der Waals surface area (Å²) in [6.45, 7) is 2.37. The lowest BCUT2D eigenvalue weighted by Crippen LogP contribution is -2.45. The first-order valence-corrected chi connectivity index (χ1v) is 8.02. The molecule has 0 radical (unpaired) electrons. The van der Waals surface area contributed by atoms with E-state index < -0.39 is 5.60 Å². The minimum Gasteiger partial charge on any atom is -0.388 e. The maximum Gasteiger partial charge on any atom is 0.321 e. The summed E-state index contributed by atoms with van der Waals surface area (Å²) in [5, 5.41) is 25.0. The second-order valence-electron chi connectivity index (χ2n) is 5.34. The van der Waals surface area contributed by atoms with E-state index in [4.69, 9.17) is 0 Å². The molecule has 1 aliphatic rings. The highest BCUT2D eigenvalue weighted by molar-refractivity contribution is 7.15. The van der Waals surface area contributed by atoms with Gasteiger partial charge in [-0.25, -0.2) is 4.79 Å². The van der Waals surface area contributed by atoms with Crippen LogP contribution in [0.25, 0.3) is 0 Å². The zero-order chi connectivity index (χ0) is 14.4. The highest BCUT2D eigenvalue weighted by atomic mass is 32.1. The number of hydrogen-bond acceptors (Lipinski definition) is 5. The van der Waals surface area contributed by atoms with Crippen molar-refractivity contribution in [2.75, 3.05) is 11.9 Å². The molecule has 0 spiro atoms. The summed E-state index contributed by atoms with van der Waals surface area (Å²) in [6, 6.07) is -0.330. The first-order valence-electron chi connectivity index (χ1n) is 7.21. The third-order valence-electron chi connectivity index (χ3n) is 3.51. The van der Waals surface area contributed by atoms with Gasteiger partial charge in [-0.15, -0.1) is 10.2 Å². The van der Waals surface area contributed by atoms with Gasteiger partial charge in [-0.1, -0.05) is 37.5 Å². The fraction of sp³-hybridized carbons (Fsp3) is 0.769. The first kappa shape index (κ1) is 15.2. The van der Waals surface area contributed by atoms with Crippen LogP contribution in [0.4, 0.5) is 9.93 Å². The predicted octanol–water partition coefficient (Wildman–Crippen LogP) is 2.31. The third-order valence-corrected chi connectivity index (χ3v) is 4.41. The summed E-state index contributed by atoms with van der Waals surface area (Å²) in [7, 11) is 0. The van der Waals surface area contributed by atoms with Gasteiger partial charge in [-0.3, -0.25) is 5.32 Å². The van der Waals surface area contributed by atoms with Gasteiger partial charge in [0, 0.05) is 13.0 Å². The van der Waals surface area contributed by atoms with Gasteiger partial charge in [0.2, 0.25) is 5.13 Å². The van der Waals surface area contributed by atoms with Gasteiger partial charge in [0.25, 0.3) is 0 Å².